The Kier molecular flexibility index (Phi) is 12.3. The van der Waals surface area contributed by atoms with E-state index in [2.05, 4.69) is 67.8 Å². The second-order valence-electron chi connectivity index (χ2n) is 2.64. The van der Waals surface area contributed by atoms with Crippen molar-refractivity contribution in [2.45, 2.75) is 40.5 Å². The second-order valence-corrected chi connectivity index (χ2v) is 9.11. The van der Waals surface area contributed by atoms with Gasteiger partial charge in [0.2, 0.25) is 0 Å². The van der Waals surface area contributed by atoms with E-state index in [1.807, 2.05) is 0 Å². The minimum absolute atomic E-state index is 0.842. The summed E-state index contributed by atoms with van der Waals surface area (Å²) in [5.74, 6) is 0. The molecule has 0 heterocycles. The average Bonchev–Trinajstić information content (AvgIpc) is 1.96. The third kappa shape index (κ3) is 12.2. The molecule has 0 spiro atoms. The molecule has 0 aliphatic heterocycles. The summed E-state index contributed by atoms with van der Waals surface area (Å²) in [6.07, 6.45) is 8.57. The minimum Gasteiger partial charge on any atom is -0.0864 e. The van der Waals surface area contributed by atoms with Gasteiger partial charge in [0.05, 0.1) is 1.93 Å². The fourth-order valence-corrected chi connectivity index (χ4v) is 2.34. The van der Waals surface area contributed by atoms with Crippen LogP contribution in [0.5, 0.6) is 0 Å². The first-order chi connectivity index (χ1) is 5.27. The molecule has 0 saturated carbocycles. The van der Waals surface area contributed by atoms with E-state index in [0.717, 1.165) is 1.93 Å². The summed E-state index contributed by atoms with van der Waals surface area (Å²) in [6, 6.07) is 0. The lowest BCUT2D eigenvalue weighted by molar-refractivity contribution is 0.631. The highest BCUT2D eigenvalue weighted by Gasteiger charge is 1.96. The Balaban J connectivity index is 2.80. The van der Waals surface area contributed by atoms with Gasteiger partial charge < -0.3 is 0 Å². The first-order valence-corrected chi connectivity index (χ1v) is 8.13. The molecule has 0 N–H and O–H groups in total. The highest BCUT2D eigenvalue weighted by atomic mass is 127. The molecule has 0 bridgehead atoms. The molecule has 0 rings (SSSR count). The maximum atomic E-state index is 2.50. The van der Waals surface area contributed by atoms with Crippen LogP contribution in [0.15, 0.2) is 0 Å². The zero-order valence-corrected chi connectivity index (χ0v) is 13.1. The van der Waals surface area contributed by atoms with Crippen LogP contribution in [0.4, 0.5) is 0 Å². The fraction of sp³-hybridized carbons (Fsp3) is 1.00. The number of hydrogen-bond donors (Lipinski definition) is 0. The van der Waals surface area contributed by atoms with Gasteiger partial charge >= 0.3 is 0 Å². The highest BCUT2D eigenvalue weighted by molar-refractivity contribution is 14.2. The molecule has 0 aromatic heterocycles. The standard InChI is InChI=1S/C8H15I3/c9-7-5-3-1-2-4-6-8(10)11/h8H,1-7H2. The van der Waals surface area contributed by atoms with Crippen molar-refractivity contribution in [2.24, 2.45) is 0 Å². The molecule has 0 aliphatic carbocycles. The quantitative estimate of drug-likeness (QED) is 0.268. The van der Waals surface area contributed by atoms with E-state index in [1.165, 1.54) is 43.0 Å². The molecule has 0 aromatic rings. The van der Waals surface area contributed by atoms with Gasteiger partial charge in [0.1, 0.15) is 0 Å². The predicted molar refractivity (Wildman–Crippen MR) is 78.4 cm³/mol. The zero-order chi connectivity index (χ0) is 8.53. The lowest BCUT2D eigenvalue weighted by Crippen LogP contribution is -1.85. The Morgan fingerprint density at radius 3 is 1.91 bits per heavy atom. The summed E-state index contributed by atoms with van der Waals surface area (Å²) in [5, 5.41) is 0. The first kappa shape index (κ1) is 13.2. The molecule has 0 aliphatic rings. The smallest absolute Gasteiger partial charge is 0.0626 e. The molecule has 11 heavy (non-hydrogen) atoms. The van der Waals surface area contributed by atoms with Crippen molar-refractivity contribution in [3.8, 4) is 0 Å². The van der Waals surface area contributed by atoms with Crippen LogP contribution in [0.2, 0.25) is 0 Å². The van der Waals surface area contributed by atoms with Gasteiger partial charge in [-0.15, -0.1) is 0 Å². The fourth-order valence-electron chi connectivity index (χ4n) is 0.923. The number of alkyl halides is 3. The van der Waals surface area contributed by atoms with Crippen LogP contribution in [0.25, 0.3) is 0 Å². The maximum absolute atomic E-state index is 2.50. The summed E-state index contributed by atoms with van der Waals surface area (Å²) in [5.41, 5.74) is 0. The largest absolute Gasteiger partial charge is 0.0864 e. The zero-order valence-electron chi connectivity index (χ0n) is 6.66. The third-order valence-corrected chi connectivity index (χ3v) is 3.56. The van der Waals surface area contributed by atoms with E-state index in [4.69, 9.17) is 0 Å². The van der Waals surface area contributed by atoms with Gasteiger partial charge in [-0.3, -0.25) is 0 Å². The van der Waals surface area contributed by atoms with Crippen LogP contribution < -0.4 is 0 Å². The minimum atomic E-state index is 0.842. The van der Waals surface area contributed by atoms with Crippen molar-refractivity contribution in [2.75, 3.05) is 4.43 Å². The summed E-state index contributed by atoms with van der Waals surface area (Å²) < 4.78 is 2.17. The normalized spacial score (nSPS) is 10.9. The van der Waals surface area contributed by atoms with Crippen LogP contribution in [0.3, 0.4) is 0 Å². The average molecular weight is 492 g/mol. The Labute approximate surface area is 111 Å². The van der Waals surface area contributed by atoms with Crippen LogP contribution in [0, 0.1) is 0 Å². The van der Waals surface area contributed by atoms with Crippen molar-refractivity contribution in [1.29, 1.82) is 0 Å². The Morgan fingerprint density at radius 2 is 1.36 bits per heavy atom. The van der Waals surface area contributed by atoms with Gasteiger partial charge in [-0.1, -0.05) is 93.5 Å². The topological polar surface area (TPSA) is 0 Å². The lowest BCUT2D eigenvalue weighted by atomic mass is 10.1. The molecule has 0 atom stereocenters. The molecule has 0 nitrogen and oxygen atoms in total. The number of rotatable bonds is 7. The van der Waals surface area contributed by atoms with Crippen LogP contribution in [-0.4, -0.2) is 6.36 Å². The van der Waals surface area contributed by atoms with E-state index < -0.39 is 0 Å². The van der Waals surface area contributed by atoms with Gasteiger partial charge in [-0.25, -0.2) is 0 Å². The lowest BCUT2D eigenvalue weighted by Gasteiger charge is -2.00. The number of halogens is 3. The highest BCUT2D eigenvalue weighted by Crippen LogP contribution is 2.18. The van der Waals surface area contributed by atoms with E-state index in [-0.39, 0.29) is 0 Å². The van der Waals surface area contributed by atoms with Crippen molar-refractivity contribution >= 4 is 67.8 Å². The van der Waals surface area contributed by atoms with E-state index in [0.29, 0.717) is 0 Å². The molecule has 0 amide bonds. The van der Waals surface area contributed by atoms with E-state index in [9.17, 15) is 0 Å². The summed E-state index contributed by atoms with van der Waals surface area (Å²) in [4.78, 5) is 0. The Hall–Kier alpha value is 2.19. The van der Waals surface area contributed by atoms with Gasteiger partial charge in [0, 0.05) is 0 Å². The maximum Gasteiger partial charge on any atom is 0.0626 e. The molecular weight excluding hydrogens is 477 g/mol. The van der Waals surface area contributed by atoms with Crippen molar-refractivity contribution < 1.29 is 0 Å². The molecule has 0 aromatic carbocycles. The van der Waals surface area contributed by atoms with Crippen molar-refractivity contribution in [1.82, 2.24) is 0 Å². The predicted octanol–water partition coefficient (Wildman–Crippen LogP) is 4.96. The first-order valence-electron chi connectivity index (χ1n) is 4.11. The van der Waals surface area contributed by atoms with Crippen molar-refractivity contribution in [3.05, 3.63) is 0 Å². The van der Waals surface area contributed by atoms with E-state index in [1.54, 1.807) is 0 Å². The summed E-state index contributed by atoms with van der Waals surface area (Å²) in [6.45, 7) is 0. The second kappa shape index (κ2) is 10.3. The van der Waals surface area contributed by atoms with E-state index >= 15 is 0 Å². The molecule has 0 fully saturated rings. The summed E-state index contributed by atoms with van der Waals surface area (Å²) in [7, 11) is 0. The van der Waals surface area contributed by atoms with Gasteiger partial charge in [-0.2, -0.15) is 0 Å². The SMILES string of the molecule is ICCCCCCCC(I)I. The van der Waals surface area contributed by atoms with Crippen LogP contribution in [0.1, 0.15) is 38.5 Å². The molecular formula is C8H15I3. The van der Waals surface area contributed by atoms with Crippen LogP contribution in [-0.2, 0) is 0 Å². The summed E-state index contributed by atoms with van der Waals surface area (Å²) >= 11 is 7.45. The van der Waals surface area contributed by atoms with Crippen molar-refractivity contribution in [3.63, 3.8) is 0 Å². The Bertz CT molecular complexity index is 73.7. The number of unbranched alkanes of at least 4 members (excludes halogenated alkanes) is 4. The Morgan fingerprint density at radius 1 is 0.818 bits per heavy atom. The molecule has 0 radical (unpaired) electrons. The monoisotopic (exact) mass is 492 g/mol. The molecule has 3 heteroatoms. The third-order valence-electron chi connectivity index (χ3n) is 1.56. The van der Waals surface area contributed by atoms with Gasteiger partial charge in [0.15, 0.2) is 0 Å². The van der Waals surface area contributed by atoms with Crippen LogP contribution >= 0.6 is 67.8 Å². The molecule has 68 valence electrons. The molecule has 0 saturated heterocycles. The number of hydrogen-bond acceptors (Lipinski definition) is 0. The molecule has 0 unspecified atom stereocenters. The van der Waals surface area contributed by atoms with Gasteiger partial charge in [0.25, 0.3) is 0 Å². The van der Waals surface area contributed by atoms with Gasteiger partial charge in [-0.05, 0) is 17.3 Å².